The van der Waals surface area contributed by atoms with Crippen molar-refractivity contribution in [1.82, 2.24) is 9.97 Å². The van der Waals surface area contributed by atoms with E-state index >= 15 is 0 Å². The maximum atomic E-state index is 4.75. The van der Waals surface area contributed by atoms with Crippen molar-refractivity contribution in [2.24, 2.45) is 11.8 Å². The summed E-state index contributed by atoms with van der Waals surface area (Å²) in [7, 11) is 0. The topological polar surface area (TPSA) is 41.1 Å². The molecule has 4 heteroatoms. The van der Waals surface area contributed by atoms with Gasteiger partial charge in [0, 0.05) is 25.0 Å². The second kappa shape index (κ2) is 5.27. The standard InChI is InChI=1S/C16H22N4/c1-4-17-16-18-14-8-6-5-7-13(14)15(19-16)20-9-11(2)12(3)10-20/h5-8,11-12H,4,9-10H2,1-3H3,(H,17,18,19). The van der Waals surface area contributed by atoms with Crippen molar-refractivity contribution in [3.63, 3.8) is 0 Å². The number of anilines is 2. The Hall–Kier alpha value is -1.84. The number of hydrogen-bond donors (Lipinski definition) is 1. The molecule has 4 nitrogen and oxygen atoms in total. The van der Waals surface area contributed by atoms with Crippen LogP contribution in [0.3, 0.4) is 0 Å². The van der Waals surface area contributed by atoms with Crippen LogP contribution in [-0.4, -0.2) is 29.6 Å². The number of benzene rings is 1. The van der Waals surface area contributed by atoms with Crippen LogP contribution < -0.4 is 10.2 Å². The van der Waals surface area contributed by atoms with Crippen LogP contribution in [0.25, 0.3) is 10.9 Å². The van der Waals surface area contributed by atoms with Crippen LogP contribution in [0.5, 0.6) is 0 Å². The molecule has 106 valence electrons. The third kappa shape index (κ3) is 2.30. The molecule has 2 unspecified atom stereocenters. The van der Waals surface area contributed by atoms with Gasteiger partial charge in [-0.2, -0.15) is 4.98 Å². The summed E-state index contributed by atoms with van der Waals surface area (Å²) in [6.07, 6.45) is 0. The predicted molar refractivity (Wildman–Crippen MR) is 84.2 cm³/mol. The molecular formula is C16H22N4. The molecule has 0 amide bonds. The van der Waals surface area contributed by atoms with Crippen LogP contribution in [0.15, 0.2) is 24.3 Å². The van der Waals surface area contributed by atoms with E-state index in [1.165, 1.54) is 0 Å². The molecular weight excluding hydrogens is 248 g/mol. The number of nitrogens with zero attached hydrogens (tertiary/aromatic N) is 3. The Morgan fingerprint density at radius 2 is 1.85 bits per heavy atom. The zero-order valence-corrected chi connectivity index (χ0v) is 12.4. The minimum absolute atomic E-state index is 0.714. The summed E-state index contributed by atoms with van der Waals surface area (Å²) in [5, 5.41) is 4.39. The maximum absolute atomic E-state index is 4.75. The van der Waals surface area contributed by atoms with Crippen LogP contribution in [0.2, 0.25) is 0 Å². The fourth-order valence-corrected chi connectivity index (χ4v) is 2.84. The van der Waals surface area contributed by atoms with E-state index in [0.717, 1.165) is 42.3 Å². The van der Waals surface area contributed by atoms with Crippen molar-refractivity contribution in [1.29, 1.82) is 0 Å². The van der Waals surface area contributed by atoms with E-state index in [1.54, 1.807) is 0 Å². The molecule has 0 saturated carbocycles. The van der Waals surface area contributed by atoms with Crippen molar-refractivity contribution >= 4 is 22.7 Å². The van der Waals surface area contributed by atoms with E-state index in [-0.39, 0.29) is 0 Å². The second-order valence-corrected chi connectivity index (χ2v) is 5.78. The minimum Gasteiger partial charge on any atom is -0.355 e. The van der Waals surface area contributed by atoms with Crippen LogP contribution in [0.4, 0.5) is 11.8 Å². The molecule has 2 heterocycles. The first kappa shape index (κ1) is 13.2. The van der Waals surface area contributed by atoms with Crippen molar-refractivity contribution in [2.45, 2.75) is 20.8 Å². The zero-order chi connectivity index (χ0) is 14.1. The molecule has 1 aliphatic heterocycles. The van der Waals surface area contributed by atoms with E-state index in [4.69, 9.17) is 4.98 Å². The van der Waals surface area contributed by atoms with Gasteiger partial charge in [0.25, 0.3) is 0 Å². The highest BCUT2D eigenvalue weighted by atomic mass is 15.2. The number of para-hydroxylation sites is 1. The molecule has 1 aliphatic rings. The molecule has 1 aromatic carbocycles. The summed E-state index contributed by atoms with van der Waals surface area (Å²) in [5.41, 5.74) is 1.01. The lowest BCUT2D eigenvalue weighted by atomic mass is 10.0. The molecule has 1 aromatic heterocycles. The molecule has 0 bridgehead atoms. The first-order valence-electron chi connectivity index (χ1n) is 7.44. The average molecular weight is 270 g/mol. The molecule has 1 saturated heterocycles. The maximum Gasteiger partial charge on any atom is 0.225 e. The Bertz CT molecular complexity index is 600. The number of aromatic nitrogens is 2. The van der Waals surface area contributed by atoms with Gasteiger partial charge >= 0.3 is 0 Å². The molecule has 0 aliphatic carbocycles. The molecule has 1 fully saturated rings. The number of nitrogens with one attached hydrogen (secondary N) is 1. The number of fused-ring (bicyclic) bond motifs is 1. The van der Waals surface area contributed by atoms with Crippen LogP contribution in [0, 0.1) is 11.8 Å². The molecule has 0 spiro atoms. The van der Waals surface area contributed by atoms with E-state index in [1.807, 2.05) is 6.07 Å². The predicted octanol–water partition coefficient (Wildman–Crippen LogP) is 3.15. The smallest absolute Gasteiger partial charge is 0.225 e. The monoisotopic (exact) mass is 270 g/mol. The Balaban J connectivity index is 2.08. The lowest BCUT2D eigenvalue weighted by molar-refractivity contribution is 0.494. The first-order chi connectivity index (χ1) is 9.69. The lowest BCUT2D eigenvalue weighted by Gasteiger charge is -2.20. The summed E-state index contributed by atoms with van der Waals surface area (Å²) in [4.78, 5) is 11.7. The van der Waals surface area contributed by atoms with Crippen LogP contribution in [-0.2, 0) is 0 Å². The Morgan fingerprint density at radius 3 is 2.55 bits per heavy atom. The molecule has 1 N–H and O–H groups in total. The average Bonchev–Trinajstić information content (AvgIpc) is 2.78. The lowest BCUT2D eigenvalue weighted by Crippen LogP contribution is -2.22. The summed E-state index contributed by atoms with van der Waals surface area (Å²) in [6.45, 7) is 9.70. The summed E-state index contributed by atoms with van der Waals surface area (Å²) >= 11 is 0. The molecule has 0 radical (unpaired) electrons. The highest BCUT2D eigenvalue weighted by molar-refractivity contribution is 5.90. The summed E-state index contributed by atoms with van der Waals surface area (Å²) in [6, 6.07) is 8.27. The Labute approximate surface area is 120 Å². The highest BCUT2D eigenvalue weighted by Gasteiger charge is 2.28. The van der Waals surface area contributed by atoms with Crippen molar-refractivity contribution in [3.05, 3.63) is 24.3 Å². The van der Waals surface area contributed by atoms with Gasteiger partial charge in [-0.1, -0.05) is 26.0 Å². The van der Waals surface area contributed by atoms with Gasteiger partial charge in [0.05, 0.1) is 5.52 Å². The second-order valence-electron chi connectivity index (χ2n) is 5.78. The van der Waals surface area contributed by atoms with Gasteiger partial charge in [-0.05, 0) is 30.9 Å². The third-order valence-corrected chi connectivity index (χ3v) is 4.21. The van der Waals surface area contributed by atoms with Crippen LogP contribution in [0.1, 0.15) is 20.8 Å². The van der Waals surface area contributed by atoms with E-state index < -0.39 is 0 Å². The third-order valence-electron chi connectivity index (χ3n) is 4.21. The van der Waals surface area contributed by atoms with Crippen molar-refractivity contribution in [2.75, 3.05) is 29.9 Å². The number of rotatable bonds is 3. The van der Waals surface area contributed by atoms with Gasteiger partial charge < -0.3 is 10.2 Å². The molecule has 3 rings (SSSR count). The minimum atomic E-state index is 0.714. The first-order valence-corrected chi connectivity index (χ1v) is 7.44. The molecule has 2 aromatic rings. The molecule has 2 atom stereocenters. The summed E-state index contributed by atoms with van der Waals surface area (Å²) in [5.74, 6) is 3.23. The quantitative estimate of drug-likeness (QED) is 0.930. The van der Waals surface area contributed by atoms with E-state index in [2.05, 4.69) is 54.2 Å². The van der Waals surface area contributed by atoms with Gasteiger partial charge in [0.1, 0.15) is 5.82 Å². The number of hydrogen-bond acceptors (Lipinski definition) is 4. The fraction of sp³-hybridized carbons (Fsp3) is 0.500. The van der Waals surface area contributed by atoms with Gasteiger partial charge in [-0.15, -0.1) is 0 Å². The van der Waals surface area contributed by atoms with Crippen molar-refractivity contribution < 1.29 is 0 Å². The Morgan fingerprint density at radius 1 is 1.15 bits per heavy atom. The van der Waals surface area contributed by atoms with Crippen LogP contribution >= 0.6 is 0 Å². The van der Waals surface area contributed by atoms with E-state index in [9.17, 15) is 0 Å². The van der Waals surface area contributed by atoms with Crippen molar-refractivity contribution in [3.8, 4) is 0 Å². The fourth-order valence-electron chi connectivity index (χ4n) is 2.84. The van der Waals surface area contributed by atoms with E-state index in [0.29, 0.717) is 11.8 Å². The SMILES string of the molecule is CCNc1nc(N2CC(C)C(C)C2)c2ccccc2n1. The summed E-state index contributed by atoms with van der Waals surface area (Å²) < 4.78 is 0. The molecule has 20 heavy (non-hydrogen) atoms. The van der Waals surface area contributed by atoms with Gasteiger partial charge in [0.15, 0.2) is 0 Å². The Kier molecular flexibility index (Phi) is 3.47. The normalized spacial score (nSPS) is 22.4. The largest absolute Gasteiger partial charge is 0.355 e. The zero-order valence-electron chi connectivity index (χ0n) is 12.4. The van der Waals surface area contributed by atoms with Gasteiger partial charge in [-0.3, -0.25) is 0 Å². The van der Waals surface area contributed by atoms with Gasteiger partial charge in [-0.25, -0.2) is 4.98 Å². The highest BCUT2D eigenvalue weighted by Crippen LogP contribution is 2.31. The van der Waals surface area contributed by atoms with Gasteiger partial charge in [0.2, 0.25) is 5.95 Å².